The van der Waals surface area contributed by atoms with Crippen LogP contribution in [0.1, 0.15) is 18.1 Å². The van der Waals surface area contributed by atoms with E-state index in [1.807, 2.05) is 6.92 Å². The van der Waals surface area contributed by atoms with Crippen LogP contribution < -0.4 is 19.1 Å². The van der Waals surface area contributed by atoms with Crippen LogP contribution in [0.25, 0.3) is 6.08 Å². The number of carbonyl (C=O) groups is 3. The molecule has 1 heterocycles. The van der Waals surface area contributed by atoms with E-state index >= 15 is 0 Å². The molecule has 0 spiro atoms. The van der Waals surface area contributed by atoms with Crippen molar-refractivity contribution in [1.82, 2.24) is 5.32 Å². The van der Waals surface area contributed by atoms with Gasteiger partial charge >= 0.3 is 16.1 Å². The number of hydrogen-bond acceptors (Lipinski definition) is 7. The Morgan fingerprint density at radius 1 is 1.00 bits per heavy atom. The van der Waals surface area contributed by atoms with Gasteiger partial charge in [0.1, 0.15) is 10.5 Å². The third-order valence-corrected chi connectivity index (χ3v) is 6.78. The van der Waals surface area contributed by atoms with E-state index in [0.29, 0.717) is 0 Å². The van der Waals surface area contributed by atoms with Gasteiger partial charge < -0.3 is 8.92 Å². The number of imide groups is 2. The topological polar surface area (TPSA) is 119 Å². The maximum Gasteiger partial charge on any atom is 0.339 e. The standard InChI is InChI=1S/C26H21ClN2O7S/c1-3-35-22-15-17(14-21(27)23(22)36-37(33,34)19-11-9-16(2)10-12-19)13-20-24(30)28-26(32)29(25(20)31)18-7-5-4-6-8-18/h4-15H,3H2,1-2H3,(H,28,30,32)/b20-13+. The van der Waals surface area contributed by atoms with Crippen LogP contribution in [-0.4, -0.2) is 32.9 Å². The second-order valence-electron chi connectivity index (χ2n) is 7.91. The van der Waals surface area contributed by atoms with Crippen molar-refractivity contribution in [2.45, 2.75) is 18.7 Å². The number of para-hydroxylation sites is 1. The van der Waals surface area contributed by atoms with E-state index in [1.54, 1.807) is 49.4 Å². The monoisotopic (exact) mass is 540 g/mol. The zero-order valence-electron chi connectivity index (χ0n) is 19.7. The Labute approximate surface area is 218 Å². The minimum atomic E-state index is -4.24. The lowest BCUT2D eigenvalue weighted by atomic mass is 10.1. The van der Waals surface area contributed by atoms with E-state index in [1.165, 1.54) is 30.3 Å². The summed E-state index contributed by atoms with van der Waals surface area (Å²) in [7, 11) is -4.24. The molecular formula is C26H21ClN2O7S. The molecule has 4 rings (SSSR count). The first-order valence-corrected chi connectivity index (χ1v) is 12.8. The maximum absolute atomic E-state index is 13.1. The summed E-state index contributed by atoms with van der Waals surface area (Å²) in [4.78, 5) is 38.7. The molecule has 9 nitrogen and oxygen atoms in total. The zero-order valence-corrected chi connectivity index (χ0v) is 21.3. The molecule has 4 amide bonds. The van der Waals surface area contributed by atoms with Crippen molar-refractivity contribution in [3.63, 3.8) is 0 Å². The Morgan fingerprint density at radius 3 is 2.32 bits per heavy atom. The number of rotatable bonds is 7. The van der Waals surface area contributed by atoms with Gasteiger partial charge in [-0.1, -0.05) is 47.5 Å². The van der Waals surface area contributed by atoms with Gasteiger partial charge in [0.05, 0.1) is 17.3 Å². The summed E-state index contributed by atoms with van der Waals surface area (Å²) < 4.78 is 36.5. The second kappa shape index (κ2) is 10.5. The summed E-state index contributed by atoms with van der Waals surface area (Å²) in [5, 5.41) is 2.01. The molecule has 3 aromatic rings. The van der Waals surface area contributed by atoms with Gasteiger partial charge in [-0.2, -0.15) is 8.42 Å². The minimum absolute atomic E-state index is 0.0165. The fourth-order valence-corrected chi connectivity index (χ4v) is 4.77. The van der Waals surface area contributed by atoms with Crippen LogP contribution in [0.15, 0.2) is 77.2 Å². The lowest BCUT2D eigenvalue weighted by molar-refractivity contribution is -0.122. The number of anilines is 1. The van der Waals surface area contributed by atoms with Crippen molar-refractivity contribution >= 4 is 51.3 Å². The largest absolute Gasteiger partial charge is 0.490 e. The number of barbiturate groups is 1. The van der Waals surface area contributed by atoms with Gasteiger partial charge in [-0.05, 0) is 61.9 Å². The Kier molecular flexibility index (Phi) is 7.33. The van der Waals surface area contributed by atoms with Crippen LogP contribution in [0, 0.1) is 6.92 Å². The summed E-state index contributed by atoms with van der Waals surface area (Å²) in [5.74, 6) is -1.99. The molecule has 0 saturated carbocycles. The summed E-state index contributed by atoms with van der Waals surface area (Å²) in [6, 6.07) is 16.0. The van der Waals surface area contributed by atoms with E-state index in [9.17, 15) is 22.8 Å². The predicted octanol–water partition coefficient (Wildman–Crippen LogP) is 4.48. The number of halogens is 1. The van der Waals surface area contributed by atoms with Crippen LogP contribution in [0.3, 0.4) is 0 Å². The number of nitrogens with zero attached hydrogens (tertiary/aromatic N) is 1. The minimum Gasteiger partial charge on any atom is -0.490 e. The number of amides is 4. The van der Waals surface area contributed by atoms with E-state index in [4.69, 9.17) is 20.5 Å². The fourth-order valence-electron chi connectivity index (χ4n) is 3.51. The van der Waals surface area contributed by atoms with Crippen LogP contribution >= 0.6 is 11.6 Å². The zero-order chi connectivity index (χ0) is 26.7. The highest BCUT2D eigenvalue weighted by Crippen LogP contribution is 2.39. The molecular weight excluding hydrogens is 520 g/mol. The Morgan fingerprint density at radius 2 is 1.68 bits per heavy atom. The first-order valence-electron chi connectivity index (χ1n) is 11.0. The molecule has 11 heteroatoms. The summed E-state index contributed by atoms with van der Waals surface area (Å²) in [6.07, 6.45) is 1.23. The average molecular weight is 541 g/mol. The number of benzene rings is 3. The van der Waals surface area contributed by atoms with Gasteiger partial charge in [-0.25, -0.2) is 9.69 Å². The summed E-state index contributed by atoms with van der Waals surface area (Å²) in [6.45, 7) is 3.65. The first kappa shape index (κ1) is 25.9. The lowest BCUT2D eigenvalue weighted by Gasteiger charge is -2.26. The van der Waals surface area contributed by atoms with Gasteiger partial charge in [0, 0.05) is 0 Å². The van der Waals surface area contributed by atoms with Gasteiger partial charge in [0.15, 0.2) is 5.75 Å². The van der Waals surface area contributed by atoms with Crippen molar-refractivity contribution in [2.24, 2.45) is 0 Å². The Hall–Kier alpha value is -4.15. The van der Waals surface area contributed by atoms with E-state index < -0.39 is 28.0 Å². The fraction of sp³-hybridized carbons (Fsp3) is 0.115. The summed E-state index contributed by atoms with van der Waals surface area (Å²) >= 11 is 6.38. The van der Waals surface area contributed by atoms with Gasteiger partial charge in [-0.15, -0.1) is 0 Å². The smallest absolute Gasteiger partial charge is 0.339 e. The maximum atomic E-state index is 13.1. The SMILES string of the molecule is CCOc1cc(/C=C2\C(=O)NC(=O)N(c3ccccc3)C2=O)cc(Cl)c1OS(=O)(=O)c1ccc(C)cc1. The molecule has 1 N–H and O–H groups in total. The molecule has 0 unspecified atom stereocenters. The lowest BCUT2D eigenvalue weighted by Crippen LogP contribution is -2.54. The molecule has 0 bridgehead atoms. The highest BCUT2D eigenvalue weighted by Gasteiger charge is 2.37. The average Bonchev–Trinajstić information content (AvgIpc) is 2.85. The third-order valence-electron chi connectivity index (χ3n) is 5.26. The van der Waals surface area contributed by atoms with Crippen molar-refractivity contribution in [3.05, 3.63) is 88.5 Å². The van der Waals surface area contributed by atoms with Crippen molar-refractivity contribution in [1.29, 1.82) is 0 Å². The summed E-state index contributed by atoms with van der Waals surface area (Å²) in [5.41, 5.74) is 1.07. The molecule has 0 radical (unpaired) electrons. The van der Waals surface area contributed by atoms with E-state index in [2.05, 4.69) is 5.32 Å². The first-order chi connectivity index (χ1) is 17.6. The molecule has 0 atom stereocenters. The van der Waals surface area contributed by atoms with Crippen LogP contribution in [0.4, 0.5) is 10.5 Å². The number of ether oxygens (including phenoxy) is 1. The number of hydrogen-bond donors (Lipinski definition) is 1. The number of urea groups is 1. The van der Waals surface area contributed by atoms with Crippen LogP contribution in [0.2, 0.25) is 5.02 Å². The molecule has 1 aliphatic rings. The van der Waals surface area contributed by atoms with Crippen LogP contribution in [-0.2, 0) is 19.7 Å². The highest BCUT2D eigenvalue weighted by atomic mass is 35.5. The number of nitrogens with one attached hydrogen (secondary N) is 1. The number of carbonyl (C=O) groups excluding carboxylic acids is 3. The number of aryl methyl sites for hydroxylation is 1. The molecule has 37 heavy (non-hydrogen) atoms. The molecule has 190 valence electrons. The van der Waals surface area contributed by atoms with E-state index in [0.717, 1.165) is 10.5 Å². The molecule has 0 aliphatic carbocycles. The quantitative estimate of drug-likeness (QED) is 0.266. The van der Waals surface area contributed by atoms with Gasteiger partial charge in [-0.3, -0.25) is 14.9 Å². The van der Waals surface area contributed by atoms with Gasteiger partial charge in [0.25, 0.3) is 11.8 Å². The van der Waals surface area contributed by atoms with E-state index in [-0.39, 0.29) is 44.8 Å². The predicted molar refractivity (Wildman–Crippen MR) is 137 cm³/mol. The van der Waals surface area contributed by atoms with Crippen molar-refractivity contribution in [2.75, 3.05) is 11.5 Å². The molecule has 1 aliphatic heterocycles. The highest BCUT2D eigenvalue weighted by molar-refractivity contribution is 7.87. The second-order valence-corrected chi connectivity index (χ2v) is 9.86. The van der Waals surface area contributed by atoms with Crippen molar-refractivity contribution in [3.8, 4) is 11.5 Å². The molecule has 1 saturated heterocycles. The normalized spacial score (nSPS) is 15.1. The molecule has 3 aromatic carbocycles. The van der Waals surface area contributed by atoms with Gasteiger partial charge in [0.2, 0.25) is 5.75 Å². The van der Waals surface area contributed by atoms with Crippen LogP contribution in [0.5, 0.6) is 11.5 Å². The third kappa shape index (κ3) is 5.50. The molecule has 0 aromatic heterocycles. The Bertz CT molecular complexity index is 1520. The van der Waals surface area contributed by atoms with Crippen molar-refractivity contribution < 1.29 is 31.7 Å². The molecule has 1 fully saturated rings. The Balaban J connectivity index is 1.72.